The minimum Gasteiger partial charge on any atom is -0.468 e. The summed E-state index contributed by atoms with van der Waals surface area (Å²) in [5.41, 5.74) is 6.69. The summed E-state index contributed by atoms with van der Waals surface area (Å²) < 4.78 is 17.5. The van der Waals surface area contributed by atoms with E-state index in [0.29, 0.717) is 22.2 Å². The summed E-state index contributed by atoms with van der Waals surface area (Å²) in [6.45, 7) is 14.8. The van der Waals surface area contributed by atoms with Gasteiger partial charge in [0.1, 0.15) is 23.3 Å². The molecule has 2 N–H and O–H groups in total. The number of fused-ring (bicyclic) bond motifs is 1. The van der Waals surface area contributed by atoms with Crippen molar-refractivity contribution in [1.29, 1.82) is 0 Å². The molecule has 0 saturated carbocycles. The second-order valence-corrected chi connectivity index (χ2v) is 11.3. The lowest BCUT2D eigenvalue weighted by Gasteiger charge is -2.34. The van der Waals surface area contributed by atoms with E-state index in [1.165, 1.54) is 11.7 Å². The molecule has 0 bridgehead atoms. The molecule has 200 valence electrons. The predicted octanol–water partition coefficient (Wildman–Crippen LogP) is 4.27. The third-order valence-electron chi connectivity index (χ3n) is 5.50. The van der Waals surface area contributed by atoms with E-state index in [1.54, 1.807) is 33.0 Å². The number of carbonyl (C=O) groups excluding carboxylic acids is 3. The highest BCUT2D eigenvalue weighted by Crippen LogP contribution is 2.35. The first-order chi connectivity index (χ1) is 16.5. The highest BCUT2D eigenvalue weighted by Gasteiger charge is 2.33. The summed E-state index contributed by atoms with van der Waals surface area (Å²) in [5, 5.41) is 0.694. The Kier molecular flexibility index (Phi) is 8.83. The topological polar surface area (TPSA) is 113 Å². The number of anilines is 1. The summed E-state index contributed by atoms with van der Waals surface area (Å²) in [6, 6.07) is 3.95. The van der Waals surface area contributed by atoms with E-state index in [1.807, 2.05) is 58.7 Å². The van der Waals surface area contributed by atoms with Gasteiger partial charge in [0.2, 0.25) is 0 Å². The number of esters is 2. The van der Waals surface area contributed by atoms with Gasteiger partial charge in [0.05, 0.1) is 12.6 Å². The number of hydrogen-bond acceptors (Lipinski definition) is 8. The Bertz CT molecular complexity index is 1110. The van der Waals surface area contributed by atoms with Crippen molar-refractivity contribution in [3.63, 3.8) is 0 Å². The third kappa shape index (κ3) is 7.00. The summed E-state index contributed by atoms with van der Waals surface area (Å²) in [6.07, 6.45) is 1.21. The molecular formula is C27H41N3O6. The van der Waals surface area contributed by atoms with Crippen molar-refractivity contribution in [3.05, 3.63) is 30.0 Å². The molecule has 1 aromatic carbocycles. The van der Waals surface area contributed by atoms with Crippen LogP contribution in [0.3, 0.4) is 0 Å². The monoisotopic (exact) mass is 503 g/mol. The first kappa shape index (κ1) is 29.2. The average molecular weight is 504 g/mol. The number of methoxy groups -OCH3 is 1. The Morgan fingerprint density at radius 1 is 1.00 bits per heavy atom. The number of benzene rings is 1. The third-order valence-corrected chi connectivity index (χ3v) is 5.50. The molecule has 2 atom stereocenters. The van der Waals surface area contributed by atoms with Gasteiger partial charge in [0, 0.05) is 30.7 Å². The first-order valence-electron chi connectivity index (χ1n) is 12.1. The van der Waals surface area contributed by atoms with Crippen LogP contribution in [0.5, 0.6) is 0 Å². The van der Waals surface area contributed by atoms with Crippen LogP contribution in [0.1, 0.15) is 61.0 Å². The molecule has 1 heterocycles. The predicted molar refractivity (Wildman–Crippen MR) is 140 cm³/mol. The summed E-state index contributed by atoms with van der Waals surface area (Å²) in [7, 11) is 3.09. The number of carbonyl (C=O) groups is 3. The summed E-state index contributed by atoms with van der Waals surface area (Å²) in [4.78, 5) is 40.2. The van der Waals surface area contributed by atoms with Crippen LogP contribution in [0.15, 0.2) is 24.4 Å². The zero-order valence-electron chi connectivity index (χ0n) is 23.2. The number of ether oxygens (including phenoxy) is 3. The van der Waals surface area contributed by atoms with E-state index in [9.17, 15) is 14.4 Å². The molecular weight excluding hydrogens is 462 g/mol. The van der Waals surface area contributed by atoms with Gasteiger partial charge in [0.25, 0.3) is 0 Å². The van der Waals surface area contributed by atoms with Crippen molar-refractivity contribution in [2.75, 3.05) is 19.1 Å². The smallest absolute Gasteiger partial charge is 0.419 e. The van der Waals surface area contributed by atoms with Gasteiger partial charge in [-0.2, -0.15) is 0 Å². The van der Waals surface area contributed by atoms with E-state index < -0.39 is 35.3 Å². The fourth-order valence-corrected chi connectivity index (χ4v) is 4.12. The Morgan fingerprint density at radius 2 is 1.58 bits per heavy atom. The van der Waals surface area contributed by atoms with E-state index >= 15 is 0 Å². The number of nitrogens with zero attached hydrogens (tertiary/aromatic N) is 2. The van der Waals surface area contributed by atoms with Gasteiger partial charge in [-0.25, -0.2) is 9.59 Å². The van der Waals surface area contributed by atoms with Crippen LogP contribution in [-0.4, -0.2) is 60.0 Å². The first-order valence-corrected chi connectivity index (χ1v) is 12.1. The molecule has 2 aromatic rings. The largest absolute Gasteiger partial charge is 0.468 e. The van der Waals surface area contributed by atoms with Gasteiger partial charge >= 0.3 is 18.0 Å². The molecule has 1 aromatic heterocycles. The van der Waals surface area contributed by atoms with E-state index in [4.69, 9.17) is 19.9 Å². The SMILES string of the molecule is COC(=O)[C@@H](N)Cc1cn(C(=O)OC(C)(C)C)c2cccc(N(C)[C@H](C(=O)OC(C)(C)C)C(C)C)c12. The molecule has 9 nitrogen and oxygen atoms in total. The van der Waals surface area contributed by atoms with Crippen LogP contribution in [0.2, 0.25) is 0 Å². The average Bonchev–Trinajstić information content (AvgIpc) is 3.09. The van der Waals surface area contributed by atoms with Crippen molar-refractivity contribution < 1.29 is 28.6 Å². The molecule has 0 radical (unpaired) electrons. The number of likely N-dealkylation sites (N-methyl/N-ethyl adjacent to an activating group) is 1. The van der Waals surface area contributed by atoms with Crippen LogP contribution in [0.4, 0.5) is 10.5 Å². The maximum Gasteiger partial charge on any atom is 0.419 e. The van der Waals surface area contributed by atoms with E-state index in [2.05, 4.69) is 0 Å². The Labute approximate surface area is 213 Å². The molecule has 9 heteroatoms. The molecule has 0 unspecified atom stereocenters. The van der Waals surface area contributed by atoms with Gasteiger partial charge in [-0.05, 0) is 65.2 Å². The molecule has 2 rings (SSSR count). The zero-order chi connectivity index (χ0) is 27.6. The fraction of sp³-hybridized carbons (Fsp3) is 0.593. The molecule has 36 heavy (non-hydrogen) atoms. The normalized spacial score (nSPS) is 13.9. The molecule has 0 amide bonds. The molecule has 0 aliphatic carbocycles. The highest BCUT2D eigenvalue weighted by molar-refractivity contribution is 6.01. The highest BCUT2D eigenvalue weighted by atomic mass is 16.6. The Balaban J connectivity index is 2.71. The zero-order valence-corrected chi connectivity index (χ0v) is 23.2. The van der Waals surface area contributed by atoms with Crippen LogP contribution in [-0.2, 0) is 30.2 Å². The molecule has 0 spiro atoms. The quantitative estimate of drug-likeness (QED) is 0.440. The van der Waals surface area contributed by atoms with Crippen LogP contribution >= 0.6 is 0 Å². The lowest BCUT2D eigenvalue weighted by atomic mass is 9.99. The van der Waals surface area contributed by atoms with Crippen LogP contribution in [0, 0.1) is 5.92 Å². The maximum absolute atomic E-state index is 13.2. The van der Waals surface area contributed by atoms with E-state index in [0.717, 1.165) is 0 Å². The minimum atomic E-state index is -0.933. The number of rotatable bonds is 7. The van der Waals surface area contributed by atoms with Gasteiger partial charge in [-0.15, -0.1) is 0 Å². The van der Waals surface area contributed by atoms with Crippen molar-refractivity contribution in [1.82, 2.24) is 4.57 Å². The second kappa shape index (κ2) is 10.9. The van der Waals surface area contributed by atoms with Crippen LogP contribution in [0.25, 0.3) is 10.9 Å². The minimum absolute atomic E-state index is 0.0752. The van der Waals surface area contributed by atoms with Gasteiger partial charge in [-0.3, -0.25) is 9.36 Å². The molecule has 0 aliphatic heterocycles. The lowest BCUT2D eigenvalue weighted by Crippen LogP contribution is -2.46. The van der Waals surface area contributed by atoms with Crippen LogP contribution < -0.4 is 10.6 Å². The molecule has 0 saturated heterocycles. The lowest BCUT2D eigenvalue weighted by molar-refractivity contribution is -0.157. The molecule has 0 fully saturated rings. The number of aromatic nitrogens is 1. The second-order valence-electron chi connectivity index (χ2n) is 11.3. The van der Waals surface area contributed by atoms with Crippen molar-refractivity contribution in [2.24, 2.45) is 11.7 Å². The van der Waals surface area contributed by atoms with Crippen molar-refractivity contribution in [3.8, 4) is 0 Å². The maximum atomic E-state index is 13.2. The Morgan fingerprint density at radius 3 is 2.08 bits per heavy atom. The number of nitrogens with two attached hydrogens (primary N) is 1. The van der Waals surface area contributed by atoms with Gasteiger partial charge < -0.3 is 24.8 Å². The van der Waals surface area contributed by atoms with Crippen molar-refractivity contribution >= 4 is 34.6 Å². The fourth-order valence-electron chi connectivity index (χ4n) is 4.12. The number of hydrogen-bond donors (Lipinski definition) is 1. The molecule has 0 aliphatic rings. The van der Waals surface area contributed by atoms with Gasteiger partial charge in [0.15, 0.2) is 0 Å². The standard InChI is InChI=1S/C27H41N3O6/c1-16(2)22(24(32)35-26(3,4)5)29(9)19-12-11-13-20-21(19)17(14-18(28)23(31)34-10)15-30(20)25(33)36-27(6,7)8/h11-13,15-16,18,22H,14,28H2,1-10H3/t18-,22-/m0/s1. The summed E-state index contributed by atoms with van der Waals surface area (Å²) in [5.74, 6) is -0.988. The van der Waals surface area contributed by atoms with E-state index in [-0.39, 0.29) is 18.3 Å². The summed E-state index contributed by atoms with van der Waals surface area (Å²) >= 11 is 0. The van der Waals surface area contributed by atoms with Gasteiger partial charge in [-0.1, -0.05) is 19.9 Å². The van der Waals surface area contributed by atoms with Crippen molar-refractivity contribution in [2.45, 2.75) is 85.1 Å². The Hall–Kier alpha value is -3.07.